The summed E-state index contributed by atoms with van der Waals surface area (Å²) in [5.41, 5.74) is 2.72. The van der Waals surface area contributed by atoms with Crippen molar-refractivity contribution in [1.29, 1.82) is 0 Å². The van der Waals surface area contributed by atoms with Gasteiger partial charge in [-0.1, -0.05) is 0 Å². The lowest BCUT2D eigenvalue weighted by Crippen LogP contribution is -2.42. The zero-order chi connectivity index (χ0) is 24.5. The van der Waals surface area contributed by atoms with Gasteiger partial charge in [0.15, 0.2) is 5.65 Å². The molecule has 0 bridgehead atoms. The lowest BCUT2D eigenvalue weighted by Gasteiger charge is -2.31. The van der Waals surface area contributed by atoms with Gasteiger partial charge in [-0.2, -0.15) is 10.1 Å². The highest BCUT2D eigenvalue weighted by Gasteiger charge is 2.24. The number of hydrogen-bond donors (Lipinski definition) is 0. The molecule has 6 rings (SSSR count). The van der Waals surface area contributed by atoms with E-state index >= 15 is 0 Å². The van der Waals surface area contributed by atoms with Gasteiger partial charge in [0.25, 0.3) is 0 Å². The molecule has 35 heavy (non-hydrogen) atoms. The van der Waals surface area contributed by atoms with Crippen LogP contribution < -0.4 is 4.90 Å². The summed E-state index contributed by atoms with van der Waals surface area (Å²) in [6.45, 7) is 7.44. The number of anilines is 1. The summed E-state index contributed by atoms with van der Waals surface area (Å²) in [4.78, 5) is 20.2. The second kappa shape index (κ2) is 9.61. The molecule has 4 aromatic rings. The number of fused-ring (bicyclic) bond motifs is 1. The van der Waals surface area contributed by atoms with E-state index in [4.69, 9.17) is 4.74 Å². The van der Waals surface area contributed by atoms with Crippen molar-refractivity contribution in [3.05, 3.63) is 59.7 Å². The predicted octanol–water partition coefficient (Wildman–Crippen LogP) is 4.42. The van der Waals surface area contributed by atoms with Crippen LogP contribution in [0.5, 0.6) is 0 Å². The molecule has 0 N–H and O–H groups in total. The van der Waals surface area contributed by atoms with Gasteiger partial charge in [0.2, 0.25) is 5.95 Å². The number of aryl methyl sites for hydroxylation is 2. The molecular weight excluding hydrogens is 452 g/mol. The minimum Gasteiger partial charge on any atom is -0.375 e. The largest absolute Gasteiger partial charge is 0.375 e. The summed E-state index contributed by atoms with van der Waals surface area (Å²) in [7, 11) is 0. The van der Waals surface area contributed by atoms with Crippen LogP contribution in [0.25, 0.3) is 22.4 Å². The summed E-state index contributed by atoms with van der Waals surface area (Å²) < 4.78 is 35.5. The Morgan fingerprint density at radius 1 is 1.03 bits per heavy atom. The smallest absolute Gasteiger partial charge is 0.228 e. The van der Waals surface area contributed by atoms with Gasteiger partial charge in [0, 0.05) is 37.1 Å². The molecule has 4 heterocycles. The summed E-state index contributed by atoms with van der Waals surface area (Å²) in [6, 6.07) is 6.13. The van der Waals surface area contributed by atoms with E-state index in [1.165, 1.54) is 25.0 Å². The van der Waals surface area contributed by atoms with Crippen molar-refractivity contribution < 1.29 is 13.5 Å². The number of halogens is 2. The zero-order valence-electron chi connectivity index (χ0n) is 19.9. The first-order valence-electron chi connectivity index (χ1n) is 11.7. The Morgan fingerprint density at radius 3 is 2.51 bits per heavy atom. The Bertz CT molecular complexity index is 1340. The number of ether oxygens (including phenoxy) is 1. The Morgan fingerprint density at radius 2 is 1.83 bits per heavy atom. The van der Waals surface area contributed by atoms with Gasteiger partial charge < -0.3 is 9.64 Å². The number of hydrogen-bond acceptors (Lipinski definition) is 7. The number of benzene rings is 1. The molecule has 8 nitrogen and oxygen atoms in total. The van der Waals surface area contributed by atoms with Gasteiger partial charge in [-0.25, -0.2) is 23.7 Å². The standard InChI is InChI=1S/C19H19F2N5O.C6H8N2/c1-10-9-26(6-7-27-10)19-24-16(14-5-4-13(20)8-15(14)21)17-18(25-19)23-12(3)11(2)22-17;1-4-7-8(5-1)6-2-3-6/h4-5,8,10H,6-7,9H2,1-3H3;1,4-6H,2-3H2. The Kier molecular flexibility index (Phi) is 6.38. The van der Waals surface area contributed by atoms with E-state index in [0.29, 0.717) is 48.2 Å². The summed E-state index contributed by atoms with van der Waals surface area (Å²) >= 11 is 0. The molecular formula is C25H27F2N7O. The van der Waals surface area contributed by atoms with Crippen molar-refractivity contribution in [2.75, 3.05) is 24.6 Å². The van der Waals surface area contributed by atoms with Gasteiger partial charge in [0.05, 0.1) is 30.1 Å². The van der Waals surface area contributed by atoms with Crippen LogP contribution in [0.1, 0.15) is 37.2 Å². The molecule has 0 radical (unpaired) electrons. The number of morpholine rings is 1. The van der Waals surface area contributed by atoms with Crippen LogP contribution in [0.4, 0.5) is 14.7 Å². The maximum atomic E-state index is 14.5. The molecule has 0 amide bonds. The minimum atomic E-state index is -0.698. The quantitative estimate of drug-likeness (QED) is 0.430. The van der Waals surface area contributed by atoms with E-state index in [-0.39, 0.29) is 11.7 Å². The SMILES string of the molecule is Cc1nc2nc(N3CCOC(C)C3)nc(-c3ccc(F)cc3F)c2nc1C.c1cnn(C2CC2)c1. The van der Waals surface area contributed by atoms with Crippen LogP contribution >= 0.6 is 0 Å². The highest BCUT2D eigenvalue weighted by atomic mass is 19.1. The van der Waals surface area contributed by atoms with Crippen molar-refractivity contribution in [3.63, 3.8) is 0 Å². The molecule has 182 valence electrons. The highest BCUT2D eigenvalue weighted by Crippen LogP contribution is 2.33. The monoisotopic (exact) mass is 479 g/mol. The number of rotatable bonds is 3. The van der Waals surface area contributed by atoms with Crippen molar-refractivity contribution in [2.24, 2.45) is 0 Å². The van der Waals surface area contributed by atoms with Crippen LogP contribution in [0.15, 0.2) is 36.7 Å². The molecule has 2 fully saturated rings. The minimum absolute atomic E-state index is 0.0369. The van der Waals surface area contributed by atoms with Gasteiger partial charge in [-0.15, -0.1) is 0 Å². The van der Waals surface area contributed by atoms with Crippen molar-refractivity contribution in [2.45, 2.75) is 45.8 Å². The van der Waals surface area contributed by atoms with Gasteiger partial charge in [-0.05, 0) is 51.8 Å². The van der Waals surface area contributed by atoms with Gasteiger partial charge in [-0.3, -0.25) is 4.68 Å². The molecule has 1 saturated heterocycles. The third kappa shape index (κ3) is 5.12. The van der Waals surface area contributed by atoms with E-state index in [0.717, 1.165) is 17.8 Å². The fourth-order valence-electron chi connectivity index (χ4n) is 3.95. The Labute approximate surface area is 202 Å². The topological polar surface area (TPSA) is 81.8 Å². The molecule has 1 aliphatic carbocycles. The van der Waals surface area contributed by atoms with Crippen molar-refractivity contribution in [1.82, 2.24) is 29.7 Å². The average molecular weight is 480 g/mol. The summed E-state index contributed by atoms with van der Waals surface area (Å²) in [6.07, 6.45) is 6.54. The fraction of sp³-hybridized carbons (Fsp3) is 0.400. The zero-order valence-corrected chi connectivity index (χ0v) is 19.9. The van der Waals surface area contributed by atoms with Crippen LogP contribution in [0.3, 0.4) is 0 Å². The Hall–Kier alpha value is -3.53. The van der Waals surface area contributed by atoms with E-state index in [1.807, 2.05) is 48.8 Å². The maximum Gasteiger partial charge on any atom is 0.228 e. The molecule has 1 aliphatic heterocycles. The van der Waals surface area contributed by atoms with Crippen LogP contribution in [-0.2, 0) is 4.74 Å². The van der Waals surface area contributed by atoms with E-state index in [1.54, 1.807) is 0 Å². The van der Waals surface area contributed by atoms with E-state index in [2.05, 4.69) is 25.0 Å². The molecule has 1 saturated carbocycles. The third-order valence-electron chi connectivity index (χ3n) is 6.09. The fourth-order valence-corrected chi connectivity index (χ4v) is 3.95. The maximum absolute atomic E-state index is 14.5. The molecule has 2 aliphatic rings. The number of nitrogens with zero attached hydrogens (tertiary/aromatic N) is 7. The van der Waals surface area contributed by atoms with Gasteiger partial charge >= 0.3 is 0 Å². The molecule has 1 unspecified atom stereocenters. The molecule has 1 aromatic carbocycles. The van der Waals surface area contributed by atoms with Crippen molar-refractivity contribution >= 4 is 17.1 Å². The summed E-state index contributed by atoms with van der Waals surface area (Å²) in [5.74, 6) is -0.903. The van der Waals surface area contributed by atoms with Crippen LogP contribution in [0, 0.1) is 25.5 Å². The predicted molar refractivity (Wildman–Crippen MR) is 128 cm³/mol. The normalized spacial score (nSPS) is 17.9. The lowest BCUT2D eigenvalue weighted by atomic mass is 10.1. The van der Waals surface area contributed by atoms with Gasteiger partial charge in [0.1, 0.15) is 22.8 Å². The summed E-state index contributed by atoms with van der Waals surface area (Å²) in [5, 5.41) is 4.09. The second-order valence-electron chi connectivity index (χ2n) is 8.91. The average Bonchev–Trinajstić information content (AvgIpc) is 3.54. The first kappa shape index (κ1) is 23.2. The van der Waals surface area contributed by atoms with Crippen LogP contribution in [-0.4, -0.2) is 55.5 Å². The van der Waals surface area contributed by atoms with Crippen molar-refractivity contribution in [3.8, 4) is 11.3 Å². The van der Waals surface area contributed by atoms with Crippen LogP contribution in [0.2, 0.25) is 0 Å². The Balaban J connectivity index is 0.000000265. The lowest BCUT2D eigenvalue weighted by molar-refractivity contribution is 0.0526. The van der Waals surface area contributed by atoms with E-state index < -0.39 is 11.6 Å². The number of aromatic nitrogens is 6. The molecule has 10 heteroatoms. The third-order valence-corrected chi connectivity index (χ3v) is 6.09. The molecule has 1 atom stereocenters. The molecule has 3 aromatic heterocycles. The second-order valence-corrected chi connectivity index (χ2v) is 8.91. The first-order chi connectivity index (χ1) is 16.9. The van der Waals surface area contributed by atoms with E-state index in [9.17, 15) is 8.78 Å². The highest BCUT2D eigenvalue weighted by molar-refractivity contribution is 5.88. The first-order valence-corrected chi connectivity index (χ1v) is 11.7. The molecule has 0 spiro atoms.